The molecular formula is C15H17N3O2. The van der Waals surface area contributed by atoms with Crippen molar-refractivity contribution in [2.75, 3.05) is 18.5 Å². The number of H-pyrrole nitrogens is 1. The molecule has 20 heavy (non-hydrogen) atoms. The standard InChI is InChI=1S/C15H17N3O2/c19-14-10-13(17-15(18-14)11-6-7-11)16-8-9-20-12-4-2-1-3-5-12/h1-5,10-11H,6-9H2,(H2,16,17,18,19). The Labute approximate surface area is 117 Å². The van der Waals surface area contributed by atoms with Crippen molar-refractivity contribution < 1.29 is 4.74 Å². The van der Waals surface area contributed by atoms with Gasteiger partial charge in [-0.1, -0.05) is 18.2 Å². The number of hydrogen-bond acceptors (Lipinski definition) is 4. The molecule has 0 saturated heterocycles. The first-order valence-corrected chi connectivity index (χ1v) is 6.84. The van der Waals surface area contributed by atoms with Crippen LogP contribution in [-0.4, -0.2) is 23.1 Å². The number of nitrogens with one attached hydrogen (secondary N) is 2. The summed E-state index contributed by atoms with van der Waals surface area (Å²) in [5.74, 6) is 2.69. The van der Waals surface area contributed by atoms with Crippen LogP contribution >= 0.6 is 0 Å². The van der Waals surface area contributed by atoms with Crippen LogP contribution in [0.2, 0.25) is 0 Å². The predicted octanol–water partition coefficient (Wildman–Crippen LogP) is 2.14. The molecule has 0 amide bonds. The summed E-state index contributed by atoms with van der Waals surface area (Å²) in [7, 11) is 0. The van der Waals surface area contributed by atoms with E-state index < -0.39 is 0 Å². The lowest BCUT2D eigenvalue weighted by atomic mass is 10.3. The van der Waals surface area contributed by atoms with Crippen molar-refractivity contribution in [1.29, 1.82) is 0 Å². The van der Waals surface area contributed by atoms with Crippen molar-refractivity contribution in [3.05, 3.63) is 52.6 Å². The van der Waals surface area contributed by atoms with E-state index in [2.05, 4.69) is 15.3 Å². The van der Waals surface area contributed by atoms with E-state index in [1.165, 1.54) is 6.07 Å². The highest BCUT2D eigenvalue weighted by molar-refractivity contribution is 5.34. The molecule has 2 N–H and O–H groups in total. The fourth-order valence-corrected chi connectivity index (χ4v) is 1.98. The molecular weight excluding hydrogens is 254 g/mol. The summed E-state index contributed by atoms with van der Waals surface area (Å²) < 4.78 is 5.57. The molecule has 0 unspecified atom stereocenters. The van der Waals surface area contributed by atoms with Gasteiger partial charge in [0, 0.05) is 12.0 Å². The summed E-state index contributed by atoms with van der Waals surface area (Å²) in [5.41, 5.74) is -0.103. The fraction of sp³-hybridized carbons (Fsp3) is 0.333. The van der Waals surface area contributed by atoms with Gasteiger partial charge in [0.2, 0.25) is 0 Å². The molecule has 5 nitrogen and oxygen atoms in total. The van der Waals surface area contributed by atoms with E-state index in [-0.39, 0.29) is 5.56 Å². The molecule has 1 aromatic heterocycles. The number of benzene rings is 1. The summed E-state index contributed by atoms with van der Waals surface area (Å²) in [4.78, 5) is 18.7. The maximum absolute atomic E-state index is 11.5. The van der Waals surface area contributed by atoms with Crippen molar-refractivity contribution >= 4 is 5.82 Å². The highest BCUT2D eigenvalue weighted by Gasteiger charge is 2.26. The molecule has 1 heterocycles. The first-order chi connectivity index (χ1) is 9.81. The normalized spacial score (nSPS) is 14.0. The van der Waals surface area contributed by atoms with Crippen LogP contribution in [0.25, 0.3) is 0 Å². The zero-order valence-corrected chi connectivity index (χ0v) is 11.1. The average molecular weight is 271 g/mol. The Kier molecular flexibility index (Phi) is 3.67. The lowest BCUT2D eigenvalue weighted by molar-refractivity contribution is 0.332. The molecule has 2 aromatic rings. The Morgan fingerprint density at radius 1 is 1.30 bits per heavy atom. The maximum Gasteiger partial charge on any atom is 0.252 e. The Bertz CT molecular complexity index is 621. The summed E-state index contributed by atoms with van der Waals surface area (Å²) >= 11 is 0. The maximum atomic E-state index is 11.5. The Morgan fingerprint density at radius 3 is 2.85 bits per heavy atom. The van der Waals surface area contributed by atoms with Crippen LogP contribution in [0.15, 0.2) is 41.2 Å². The van der Waals surface area contributed by atoms with Crippen molar-refractivity contribution in [1.82, 2.24) is 9.97 Å². The molecule has 0 bridgehead atoms. The second kappa shape index (κ2) is 5.77. The molecule has 3 rings (SSSR count). The summed E-state index contributed by atoms with van der Waals surface area (Å²) in [6.07, 6.45) is 2.23. The van der Waals surface area contributed by atoms with E-state index >= 15 is 0 Å². The number of nitrogens with zero attached hydrogens (tertiary/aromatic N) is 1. The van der Waals surface area contributed by atoms with Gasteiger partial charge in [0.1, 0.15) is 24.0 Å². The number of ether oxygens (including phenoxy) is 1. The molecule has 104 valence electrons. The van der Waals surface area contributed by atoms with Gasteiger partial charge in [-0.2, -0.15) is 0 Å². The van der Waals surface area contributed by atoms with Gasteiger partial charge >= 0.3 is 0 Å². The molecule has 5 heteroatoms. The van der Waals surface area contributed by atoms with Gasteiger partial charge in [0.05, 0.1) is 6.54 Å². The molecule has 0 spiro atoms. The van der Waals surface area contributed by atoms with Crippen LogP contribution in [-0.2, 0) is 0 Å². The van der Waals surface area contributed by atoms with E-state index in [0.717, 1.165) is 24.4 Å². The monoisotopic (exact) mass is 271 g/mol. The van der Waals surface area contributed by atoms with E-state index in [1.54, 1.807) is 0 Å². The third-order valence-electron chi connectivity index (χ3n) is 3.14. The molecule has 1 aliphatic rings. The van der Waals surface area contributed by atoms with Crippen molar-refractivity contribution in [2.24, 2.45) is 0 Å². The van der Waals surface area contributed by atoms with Gasteiger partial charge in [-0.25, -0.2) is 4.98 Å². The lowest BCUT2D eigenvalue weighted by Gasteiger charge is -2.08. The number of aromatic nitrogens is 2. The van der Waals surface area contributed by atoms with Gasteiger partial charge < -0.3 is 15.0 Å². The first-order valence-electron chi connectivity index (χ1n) is 6.84. The Morgan fingerprint density at radius 2 is 2.10 bits per heavy atom. The third kappa shape index (κ3) is 3.38. The predicted molar refractivity (Wildman–Crippen MR) is 77.3 cm³/mol. The van der Waals surface area contributed by atoms with Gasteiger partial charge in [-0.05, 0) is 25.0 Å². The fourth-order valence-electron chi connectivity index (χ4n) is 1.98. The van der Waals surface area contributed by atoms with Gasteiger partial charge in [-0.3, -0.25) is 4.79 Å². The smallest absolute Gasteiger partial charge is 0.252 e. The Hall–Kier alpha value is -2.30. The highest BCUT2D eigenvalue weighted by Crippen LogP contribution is 2.37. The minimum Gasteiger partial charge on any atom is -0.492 e. The van der Waals surface area contributed by atoms with E-state index in [9.17, 15) is 4.79 Å². The van der Waals surface area contributed by atoms with Crippen LogP contribution in [0.3, 0.4) is 0 Å². The number of hydrogen-bond donors (Lipinski definition) is 2. The summed E-state index contributed by atoms with van der Waals surface area (Å²) in [6.45, 7) is 1.13. The lowest BCUT2D eigenvalue weighted by Crippen LogP contribution is -2.17. The highest BCUT2D eigenvalue weighted by atomic mass is 16.5. The van der Waals surface area contributed by atoms with Crippen molar-refractivity contribution in [2.45, 2.75) is 18.8 Å². The van der Waals surface area contributed by atoms with Crippen LogP contribution in [0.4, 0.5) is 5.82 Å². The van der Waals surface area contributed by atoms with Gasteiger partial charge in [0.15, 0.2) is 0 Å². The molecule has 1 aromatic carbocycles. The average Bonchev–Trinajstić information content (AvgIpc) is 3.29. The second-order valence-electron chi connectivity index (χ2n) is 4.88. The topological polar surface area (TPSA) is 67.0 Å². The quantitative estimate of drug-likeness (QED) is 0.790. The number of rotatable bonds is 6. The third-order valence-corrected chi connectivity index (χ3v) is 3.14. The number of aromatic amines is 1. The molecule has 1 fully saturated rings. The first kappa shape index (κ1) is 12.7. The number of para-hydroxylation sites is 1. The van der Waals surface area contributed by atoms with Crippen molar-refractivity contribution in [3.8, 4) is 5.75 Å². The molecule has 0 radical (unpaired) electrons. The molecule has 0 atom stereocenters. The zero-order chi connectivity index (χ0) is 13.8. The van der Waals surface area contributed by atoms with Gasteiger partial charge in [0.25, 0.3) is 5.56 Å². The summed E-state index contributed by atoms with van der Waals surface area (Å²) in [5, 5.41) is 3.12. The zero-order valence-electron chi connectivity index (χ0n) is 11.1. The summed E-state index contributed by atoms with van der Waals surface area (Å²) in [6, 6.07) is 11.1. The van der Waals surface area contributed by atoms with Gasteiger partial charge in [-0.15, -0.1) is 0 Å². The van der Waals surface area contributed by atoms with E-state index in [4.69, 9.17) is 4.74 Å². The Balaban J connectivity index is 1.52. The van der Waals surface area contributed by atoms with E-state index in [0.29, 0.717) is 24.9 Å². The molecule has 0 aliphatic heterocycles. The largest absolute Gasteiger partial charge is 0.492 e. The minimum absolute atomic E-state index is 0.103. The van der Waals surface area contributed by atoms with Crippen molar-refractivity contribution in [3.63, 3.8) is 0 Å². The number of anilines is 1. The second-order valence-corrected chi connectivity index (χ2v) is 4.88. The van der Waals surface area contributed by atoms with E-state index in [1.807, 2.05) is 30.3 Å². The van der Waals surface area contributed by atoms with Crippen LogP contribution < -0.4 is 15.6 Å². The van der Waals surface area contributed by atoms with Crippen LogP contribution in [0.5, 0.6) is 5.75 Å². The van der Waals surface area contributed by atoms with Crippen LogP contribution in [0, 0.1) is 0 Å². The van der Waals surface area contributed by atoms with Crippen LogP contribution in [0.1, 0.15) is 24.6 Å². The SMILES string of the molecule is O=c1cc(NCCOc2ccccc2)nc(C2CC2)[nH]1. The minimum atomic E-state index is -0.103. The molecule has 1 aliphatic carbocycles. The molecule has 1 saturated carbocycles.